The molecule has 1 spiro atoms. The van der Waals surface area contributed by atoms with Gasteiger partial charge in [-0.1, -0.05) is 29.8 Å². The number of hydrogen-bond donors (Lipinski definition) is 2. The van der Waals surface area contributed by atoms with E-state index in [1.165, 1.54) is 11.1 Å². The maximum absolute atomic E-state index is 13.1. The van der Waals surface area contributed by atoms with Gasteiger partial charge >= 0.3 is 0 Å². The first kappa shape index (κ1) is 26.6. The quantitative estimate of drug-likeness (QED) is 0.310. The summed E-state index contributed by atoms with van der Waals surface area (Å²) in [6, 6.07) is 14.2. The molecule has 2 N–H and O–H groups in total. The van der Waals surface area contributed by atoms with E-state index in [-0.39, 0.29) is 22.5 Å². The lowest BCUT2D eigenvalue weighted by molar-refractivity contribution is 0.0456. The van der Waals surface area contributed by atoms with E-state index in [1.54, 1.807) is 0 Å². The van der Waals surface area contributed by atoms with Crippen molar-refractivity contribution in [1.29, 1.82) is 5.26 Å². The SMILES string of the molecule is N#C[C@@H]1CC/C=C\[C@H](O)[C@@H]2CC[C@H]2CN2C[C@@]3(CCCc4cc(Cl)ccc43)COc3ccc(cc32)C(=O)NS1. The molecule has 204 valence electrons. The fraction of sp³-hybridized carbons (Fsp3) is 0.484. The average molecular weight is 564 g/mol. The van der Waals surface area contributed by atoms with Gasteiger partial charge in [-0.2, -0.15) is 5.26 Å². The molecule has 1 fully saturated rings. The number of nitriles is 1. The molecule has 2 heterocycles. The maximum atomic E-state index is 13.1. The highest BCUT2D eigenvalue weighted by Gasteiger charge is 2.44. The number of nitrogens with one attached hydrogen (secondary N) is 1. The predicted octanol–water partition coefficient (Wildman–Crippen LogP) is 5.82. The molecule has 0 saturated heterocycles. The zero-order valence-corrected chi connectivity index (χ0v) is 23.5. The van der Waals surface area contributed by atoms with Crippen LogP contribution in [0.1, 0.15) is 60.0 Å². The van der Waals surface area contributed by atoms with E-state index in [2.05, 4.69) is 27.8 Å². The Morgan fingerprint density at radius 2 is 2.10 bits per heavy atom. The monoisotopic (exact) mass is 563 g/mol. The van der Waals surface area contributed by atoms with Crippen LogP contribution in [0.3, 0.4) is 0 Å². The van der Waals surface area contributed by atoms with Crippen molar-refractivity contribution in [2.75, 3.05) is 24.6 Å². The largest absolute Gasteiger partial charge is 0.490 e. The second-order valence-corrected chi connectivity index (χ2v) is 12.9. The van der Waals surface area contributed by atoms with Crippen molar-refractivity contribution in [3.05, 3.63) is 70.3 Å². The average Bonchev–Trinajstić information content (AvgIpc) is 3.07. The molecular weight excluding hydrogens is 530 g/mol. The van der Waals surface area contributed by atoms with Crippen LogP contribution in [0.15, 0.2) is 48.6 Å². The molecule has 2 bridgehead atoms. The zero-order chi connectivity index (χ0) is 27.0. The van der Waals surface area contributed by atoms with Gasteiger partial charge in [0.25, 0.3) is 5.91 Å². The molecular formula is C31H34ClN3O3S. The summed E-state index contributed by atoms with van der Waals surface area (Å²) < 4.78 is 9.43. The number of rotatable bonds is 0. The number of anilines is 1. The minimum absolute atomic E-state index is 0.186. The highest BCUT2D eigenvalue weighted by molar-refractivity contribution is 7.98. The number of aliphatic hydroxyl groups excluding tert-OH is 1. The van der Waals surface area contributed by atoms with Gasteiger partial charge in [-0.3, -0.25) is 9.52 Å². The van der Waals surface area contributed by atoms with E-state index < -0.39 is 6.10 Å². The molecule has 0 radical (unpaired) electrons. The third kappa shape index (κ3) is 5.27. The Kier molecular flexibility index (Phi) is 7.54. The highest BCUT2D eigenvalue weighted by atomic mass is 35.5. The molecule has 5 atom stereocenters. The van der Waals surface area contributed by atoms with Crippen molar-refractivity contribution >= 4 is 35.1 Å². The van der Waals surface area contributed by atoms with E-state index in [4.69, 9.17) is 16.3 Å². The number of nitrogens with zero attached hydrogens (tertiary/aromatic N) is 2. The zero-order valence-electron chi connectivity index (χ0n) is 21.9. The van der Waals surface area contributed by atoms with E-state index in [9.17, 15) is 15.2 Å². The summed E-state index contributed by atoms with van der Waals surface area (Å²) in [7, 11) is 0. The Bertz CT molecular complexity index is 1330. The molecule has 8 heteroatoms. The number of carbonyl (C=O) groups is 1. The molecule has 2 aliphatic heterocycles. The lowest BCUT2D eigenvalue weighted by Gasteiger charge is -2.45. The molecule has 1 amide bonds. The van der Waals surface area contributed by atoms with Crippen molar-refractivity contribution in [2.45, 2.75) is 61.7 Å². The van der Waals surface area contributed by atoms with Crippen molar-refractivity contribution in [3.63, 3.8) is 0 Å². The molecule has 1 saturated carbocycles. The Morgan fingerprint density at radius 1 is 1.21 bits per heavy atom. The molecule has 2 aromatic carbocycles. The molecule has 2 aliphatic carbocycles. The summed E-state index contributed by atoms with van der Waals surface area (Å²) in [5.74, 6) is 1.11. The predicted molar refractivity (Wildman–Crippen MR) is 155 cm³/mol. The van der Waals surface area contributed by atoms with Crippen LogP contribution in [0.25, 0.3) is 0 Å². The summed E-state index contributed by atoms with van der Waals surface area (Å²) >= 11 is 7.54. The number of hydrogen-bond acceptors (Lipinski definition) is 6. The van der Waals surface area contributed by atoms with E-state index in [1.807, 2.05) is 36.4 Å². The molecule has 6 nitrogen and oxygen atoms in total. The van der Waals surface area contributed by atoms with Crippen LogP contribution in [-0.4, -0.2) is 42.1 Å². The number of halogens is 1. The Morgan fingerprint density at radius 3 is 2.92 bits per heavy atom. The van der Waals surface area contributed by atoms with Crippen LogP contribution in [0.4, 0.5) is 5.69 Å². The van der Waals surface area contributed by atoms with Crippen LogP contribution >= 0.6 is 23.5 Å². The lowest BCUT2D eigenvalue weighted by atomic mass is 9.68. The Labute approximate surface area is 239 Å². The first-order chi connectivity index (χ1) is 19.0. The third-order valence-corrected chi connectivity index (χ3v) is 10.2. The van der Waals surface area contributed by atoms with E-state index in [0.29, 0.717) is 30.9 Å². The molecule has 6 rings (SSSR count). The summed E-state index contributed by atoms with van der Waals surface area (Å²) in [5.41, 5.74) is 3.89. The lowest BCUT2D eigenvalue weighted by Crippen LogP contribution is -2.49. The molecule has 0 aromatic heterocycles. The summed E-state index contributed by atoms with van der Waals surface area (Å²) in [6.07, 6.45) is 9.85. The van der Waals surface area contributed by atoms with Crippen LogP contribution in [0.5, 0.6) is 5.75 Å². The first-order valence-electron chi connectivity index (χ1n) is 14.0. The van der Waals surface area contributed by atoms with Gasteiger partial charge in [0.1, 0.15) is 11.0 Å². The maximum Gasteiger partial charge on any atom is 0.261 e. The van der Waals surface area contributed by atoms with Gasteiger partial charge in [0.15, 0.2) is 0 Å². The minimum atomic E-state index is -0.495. The Balaban J connectivity index is 1.39. The number of allylic oxidation sites excluding steroid dienone is 1. The molecule has 0 unspecified atom stereocenters. The second-order valence-electron chi connectivity index (χ2n) is 11.5. The fourth-order valence-corrected chi connectivity index (χ4v) is 7.64. The van der Waals surface area contributed by atoms with Gasteiger partial charge < -0.3 is 14.7 Å². The number of benzene rings is 2. The van der Waals surface area contributed by atoms with E-state index in [0.717, 1.165) is 73.6 Å². The van der Waals surface area contributed by atoms with Crippen molar-refractivity contribution < 1.29 is 14.6 Å². The van der Waals surface area contributed by atoms with Gasteiger partial charge in [0.2, 0.25) is 0 Å². The topological polar surface area (TPSA) is 85.6 Å². The summed E-state index contributed by atoms with van der Waals surface area (Å²) in [4.78, 5) is 15.6. The van der Waals surface area contributed by atoms with Gasteiger partial charge in [-0.05, 0) is 110 Å². The van der Waals surface area contributed by atoms with Gasteiger partial charge in [0, 0.05) is 29.1 Å². The van der Waals surface area contributed by atoms with Crippen molar-refractivity contribution in [1.82, 2.24) is 4.72 Å². The number of aliphatic hydroxyl groups is 1. The van der Waals surface area contributed by atoms with Crippen LogP contribution in [0.2, 0.25) is 5.02 Å². The summed E-state index contributed by atoms with van der Waals surface area (Å²) in [5, 5.41) is 21.0. The number of ether oxygens (including phenoxy) is 1. The summed E-state index contributed by atoms with van der Waals surface area (Å²) in [6.45, 7) is 2.14. The molecule has 4 aliphatic rings. The first-order valence-corrected chi connectivity index (χ1v) is 15.2. The van der Waals surface area contributed by atoms with Crippen molar-refractivity contribution in [3.8, 4) is 11.8 Å². The van der Waals surface area contributed by atoms with Gasteiger partial charge in [-0.15, -0.1) is 0 Å². The third-order valence-electron chi connectivity index (χ3n) is 9.04. The highest BCUT2D eigenvalue weighted by Crippen LogP contribution is 2.46. The fourth-order valence-electron chi connectivity index (χ4n) is 6.77. The second kappa shape index (κ2) is 11.1. The smallest absolute Gasteiger partial charge is 0.261 e. The number of fused-ring (bicyclic) bond motifs is 4. The van der Waals surface area contributed by atoms with Crippen LogP contribution in [0, 0.1) is 23.2 Å². The molecule has 39 heavy (non-hydrogen) atoms. The standard InChI is InChI=1S/C31H34ClN3O3S/c32-23-9-11-26-20(14-23)4-3-13-31(26)18-35-17-22-7-10-25(22)28(36)6-2-1-5-24(16-33)39-34-30(37)21-8-12-29(38-19-31)27(35)15-21/h2,6,8-9,11-12,14-15,22,24-25,28,36H,1,3-5,7,10,13,17-19H2,(H,34,37)/b6-2-/t22-,24-,25+,28-,31-/m0/s1. The minimum Gasteiger partial charge on any atom is -0.490 e. The van der Waals surface area contributed by atoms with Gasteiger partial charge in [0.05, 0.1) is 24.5 Å². The normalized spacial score (nSPS) is 31.4. The molecule has 2 aromatic rings. The van der Waals surface area contributed by atoms with E-state index >= 15 is 0 Å². The number of carbonyl (C=O) groups excluding carboxylic acids is 1. The number of amides is 1. The van der Waals surface area contributed by atoms with Crippen LogP contribution < -0.4 is 14.4 Å². The Hall–Kier alpha value is -2.66. The van der Waals surface area contributed by atoms with Gasteiger partial charge in [-0.25, -0.2) is 0 Å². The van der Waals surface area contributed by atoms with Crippen molar-refractivity contribution in [2.24, 2.45) is 11.8 Å². The number of aryl methyl sites for hydroxylation is 1. The van der Waals surface area contributed by atoms with Crippen LogP contribution in [-0.2, 0) is 11.8 Å².